The van der Waals surface area contributed by atoms with Crippen LogP contribution in [-0.4, -0.2) is 45.4 Å². The molecule has 1 saturated heterocycles. The number of benzene rings is 2. The van der Waals surface area contributed by atoms with Crippen molar-refractivity contribution in [3.8, 4) is 0 Å². The van der Waals surface area contributed by atoms with E-state index in [1.54, 1.807) is 0 Å². The molecular formula is C22H28FN3O3S. The maximum Gasteiger partial charge on any atom is 0.240 e. The molecule has 0 aromatic heterocycles. The summed E-state index contributed by atoms with van der Waals surface area (Å²) in [5, 5.41) is 2.33. The highest BCUT2D eigenvalue weighted by Crippen LogP contribution is 2.21. The Hall–Kier alpha value is -2.29. The summed E-state index contributed by atoms with van der Waals surface area (Å²) in [7, 11) is -3.80. The minimum absolute atomic E-state index is 0.0377. The normalized spacial score (nSPS) is 15.8. The Bertz CT molecular complexity index is 959. The van der Waals surface area contributed by atoms with Crippen LogP contribution < -0.4 is 10.0 Å². The number of amides is 1. The molecule has 0 spiro atoms. The molecule has 8 heteroatoms. The third-order valence-corrected chi connectivity index (χ3v) is 6.81. The Morgan fingerprint density at radius 1 is 1.13 bits per heavy atom. The third-order valence-electron chi connectivity index (χ3n) is 5.39. The van der Waals surface area contributed by atoms with Crippen molar-refractivity contribution in [2.75, 3.05) is 31.5 Å². The Kier molecular flexibility index (Phi) is 7.58. The van der Waals surface area contributed by atoms with Crippen molar-refractivity contribution in [3.63, 3.8) is 0 Å². The van der Waals surface area contributed by atoms with Gasteiger partial charge in [0.15, 0.2) is 0 Å². The van der Waals surface area contributed by atoms with Crippen LogP contribution in [-0.2, 0) is 21.2 Å². The minimum atomic E-state index is -3.80. The molecule has 2 N–H and O–H groups in total. The number of anilines is 1. The number of piperidine rings is 1. The highest BCUT2D eigenvalue weighted by Gasteiger charge is 2.22. The predicted octanol–water partition coefficient (Wildman–Crippen LogP) is 3.02. The topological polar surface area (TPSA) is 78.5 Å². The fourth-order valence-corrected chi connectivity index (χ4v) is 4.74. The average molecular weight is 434 g/mol. The Morgan fingerprint density at radius 2 is 1.83 bits per heavy atom. The number of sulfonamides is 1. The number of nitrogens with zero attached hydrogens (tertiary/aromatic N) is 1. The van der Waals surface area contributed by atoms with Crippen LogP contribution in [0.15, 0.2) is 53.4 Å². The summed E-state index contributed by atoms with van der Waals surface area (Å²) in [6.45, 7) is 4.49. The molecule has 1 aliphatic rings. The monoisotopic (exact) mass is 433 g/mol. The molecule has 2 aromatic carbocycles. The third kappa shape index (κ3) is 6.35. The smallest absolute Gasteiger partial charge is 0.240 e. The van der Waals surface area contributed by atoms with Crippen LogP contribution in [0.3, 0.4) is 0 Å². The van der Waals surface area contributed by atoms with Gasteiger partial charge in [0, 0.05) is 20.0 Å². The van der Waals surface area contributed by atoms with Crippen molar-refractivity contribution < 1.29 is 17.6 Å². The zero-order chi connectivity index (χ0) is 21.6. The van der Waals surface area contributed by atoms with E-state index in [0.29, 0.717) is 6.54 Å². The van der Waals surface area contributed by atoms with Crippen LogP contribution in [0.4, 0.5) is 10.1 Å². The van der Waals surface area contributed by atoms with E-state index in [1.165, 1.54) is 24.6 Å². The maximum atomic E-state index is 14.1. The molecule has 2 aromatic rings. The van der Waals surface area contributed by atoms with Gasteiger partial charge in [-0.15, -0.1) is 0 Å². The molecule has 30 heavy (non-hydrogen) atoms. The van der Waals surface area contributed by atoms with E-state index in [9.17, 15) is 17.6 Å². The molecule has 1 amide bonds. The van der Waals surface area contributed by atoms with E-state index < -0.39 is 21.7 Å². The van der Waals surface area contributed by atoms with Crippen molar-refractivity contribution >= 4 is 21.6 Å². The number of rotatable bonds is 8. The van der Waals surface area contributed by atoms with Crippen molar-refractivity contribution in [1.29, 1.82) is 0 Å². The lowest BCUT2D eigenvalue weighted by Gasteiger charge is -2.32. The first-order chi connectivity index (χ1) is 14.3. The summed E-state index contributed by atoms with van der Waals surface area (Å²) >= 11 is 0. The summed E-state index contributed by atoms with van der Waals surface area (Å²) < 4.78 is 41.7. The van der Waals surface area contributed by atoms with Crippen LogP contribution in [0, 0.1) is 11.7 Å². The van der Waals surface area contributed by atoms with Gasteiger partial charge in [-0.2, -0.15) is 0 Å². The van der Waals surface area contributed by atoms with E-state index in [2.05, 4.69) is 27.1 Å². The zero-order valence-electron chi connectivity index (χ0n) is 17.1. The summed E-state index contributed by atoms with van der Waals surface area (Å²) in [6, 6.07) is 13.9. The number of carbonyl (C=O) groups is 1. The second-order valence-corrected chi connectivity index (χ2v) is 9.46. The first-order valence-electron chi connectivity index (χ1n) is 10.2. The van der Waals surface area contributed by atoms with Crippen molar-refractivity contribution in [3.05, 3.63) is 59.9 Å². The molecule has 6 nitrogen and oxygen atoms in total. The maximum absolute atomic E-state index is 14.1. The lowest BCUT2D eigenvalue weighted by molar-refractivity contribution is -0.114. The lowest BCUT2D eigenvalue weighted by atomic mass is 9.97. The van der Waals surface area contributed by atoms with Gasteiger partial charge >= 0.3 is 0 Å². The molecule has 0 aliphatic carbocycles. The molecule has 0 saturated carbocycles. The number of nitrogens with one attached hydrogen (secondary N) is 2. The van der Waals surface area contributed by atoms with Gasteiger partial charge < -0.3 is 10.2 Å². The standard InChI is InChI=1S/C22H28FN3O3S/c1-17(27)25-22-8-7-20(15-21(22)23)30(28,29)24-16-19-10-13-26(14-11-19)12-9-18-5-3-2-4-6-18/h2-8,15,19,24H,9-14,16H2,1H3,(H,25,27). The van der Waals surface area contributed by atoms with Gasteiger partial charge in [0.2, 0.25) is 15.9 Å². The molecule has 0 unspecified atom stereocenters. The molecule has 162 valence electrons. The number of hydrogen-bond acceptors (Lipinski definition) is 4. The molecule has 1 heterocycles. The van der Waals surface area contributed by atoms with Gasteiger partial charge in [-0.1, -0.05) is 30.3 Å². The predicted molar refractivity (Wildman–Crippen MR) is 115 cm³/mol. The Morgan fingerprint density at radius 3 is 2.47 bits per heavy atom. The van der Waals surface area contributed by atoms with E-state index in [4.69, 9.17) is 0 Å². The minimum Gasteiger partial charge on any atom is -0.324 e. The van der Waals surface area contributed by atoms with Crippen LogP contribution in [0.1, 0.15) is 25.3 Å². The van der Waals surface area contributed by atoms with Crippen LogP contribution >= 0.6 is 0 Å². The average Bonchev–Trinajstić information content (AvgIpc) is 2.73. The second-order valence-electron chi connectivity index (χ2n) is 7.70. The van der Waals surface area contributed by atoms with Crippen LogP contribution in [0.5, 0.6) is 0 Å². The first kappa shape index (κ1) is 22.4. The van der Waals surface area contributed by atoms with Gasteiger partial charge in [-0.3, -0.25) is 4.79 Å². The number of halogens is 1. The van der Waals surface area contributed by atoms with Crippen LogP contribution in [0.25, 0.3) is 0 Å². The molecule has 1 fully saturated rings. The Balaban J connectivity index is 1.46. The van der Waals surface area contributed by atoms with E-state index in [-0.39, 0.29) is 16.5 Å². The largest absolute Gasteiger partial charge is 0.324 e. The van der Waals surface area contributed by atoms with Crippen LogP contribution in [0.2, 0.25) is 0 Å². The quantitative estimate of drug-likeness (QED) is 0.671. The number of likely N-dealkylation sites (tertiary alicyclic amines) is 1. The van der Waals surface area contributed by atoms with Gasteiger partial charge in [0.1, 0.15) is 5.82 Å². The van der Waals surface area contributed by atoms with E-state index in [1.807, 2.05) is 18.2 Å². The lowest BCUT2D eigenvalue weighted by Crippen LogP contribution is -2.39. The second kappa shape index (κ2) is 10.1. The fourth-order valence-electron chi connectivity index (χ4n) is 3.61. The summed E-state index contributed by atoms with van der Waals surface area (Å²) in [5.41, 5.74) is 1.29. The van der Waals surface area contributed by atoms with Gasteiger partial charge in [-0.05, 0) is 62.0 Å². The molecule has 0 bridgehead atoms. The van der Waals surface area contributed by atoms with E-state index in [0.717, 1.165) is 45.0 Å². The summed E-state index contributed by atoms with van der Waals surface area (Å²) in [4.78, 5) is 13.3. The van der Waals surface area contributed by atoms with Crippen molar-refractivity contribution in [2.24, 2.45) is 5.92 Å². The molecule has 0 atom stereocenters. The zero-order valence-corrected chi connectivity index (χ0v) is 17.9. The molecular weight excluding hydrogens is 405 g/mol. The van der Waals surface area contributed by atoms with Gasteiger partial charge in [0.25, 0.3) is 0 Å². The highest BCUT2D eigenvalue weighted by molar-refractivity contribution is 7.89. The van der Waals surface area contributed by atoms with Gasteiger partial charge in [-0.25, -0.2) is 17.5 Å². The molecule has 0 radical (unpaired) electrons. The fraction of sp³-hybridized carbons (Fsp3) is 0.409. The Labute approximate surface area is 177 Å². The van der Waals surface area contributed by atoms with Gasteiger partial charge in [0.05, 0.1) is 10.6 Å². The first-order valence-corrected chi connectivity index (χ1v) is 11.6. The summed E-state index contributed by atoms with van der Waals surface area (Å²) in [5.74, 6) is -0.936. The molecule has 3 rings (SSSR count). The SMILES string of the molecule is CC(=O)Nc1ccc(S(=O)(=O)NCC2CCN(CCc3ccccc3)CC2)cc1F. The summed E-state index contributed by atoms with van der Waals surface area (Å²) in [6.07, 6.45) is 2.86. The number of hydrogen-bond donors (Lipinski definition) is 2. The number of carbonyl (C=O) groups excluding carboxylic acids is 1. The van der Waals surface area contributed by atoms with Crippen molar-refractivity contribution in [2.45, 2.75) is 31.1 Å². The van der Waals surface area contributed by atoms with Crippen molar-refractivity contribution in [1.82, 2.24) is 9.62 Å². The highest BCUT2D eigenvalue weighted by atomic mass is 32.2. The molecule has 1 aliphatic heterocycles. The van der Waals surface area contributed by atoms with E-state index >= 15 is 0 Å².